The van der Waals surface area contributed by atoms with Crippen molar-refractivity contribution in [3.63, 3.8) is 0 Å². The summed E-state index contributed by atoms with van der Waals surface area (Å²) in [5, 5.41) is 3.22. The fourth-order valence-corrected chi connectivity index (χ4v) is 4.55. The third-order valence-corrected chi connectivity index (χ3v) is 6.13. The van der Waals surface area contributed by atoms with E-state index in [0.29, 0.717) is 16.3 Å². The average molecular weight is 429 g/mol. The minimum atomic E-state index is -0.342. The molecule has 0 radical (unpaired) electrons. The van der Waals surface area contributed by atoms with Gasteiger partial charge in [-0.25, -0.2) is 4.90 Å². The van der Waals surface area contributed by atoms with Gasteiger partial charge in [0.05, 0.1) is 5.69 Å². The first-order valence-corrected chi connectivity index (χ1v) is 10.9. The van der Waals surface area contributed by atoms with Crippen LogP contribution in [0.25, 0.3) is 0 Å². The molecule has 0 fully saturated rings. The number of nitrogens with one attached hydrogen (secondary N) is 1. The Balaban J connectivity index is 1.77. The molecule has 3 aromatic carbocycles. The zero-order valence-corrected chi connectivity index (χ0v) is 18.8. The summed E-state index contributed by atoms with van der Waals surface area (Å²) in [6.45, 7) is 7.93. The van der Waals surface area contributed by atoms with Crippen LogP contribution in [0.3, 0.4) is 0 Å². The quantitative estimate of drug-likeness (QED) is 0.513. The lowest BCUT2D eigenvalue weighted by Gasteiger charge is -2.17. The molecule has 0 aliphatic carbocycles. The summed E-state index contributed by atoms with van der Waals surface area (Å²) in [5.74, 6) is -0.651. The van der Waals surface area contributed by atoms with Crippen LogP contribution in [0.1, 0.15) is 22.3 Å². The largest absolute Gasteiger partial charge is 0.350 e. The summed E-state index contributed by atoms with van der Waals surface area (Å²) in [6.07, 6.45) is 0. The number of carbonyl (C=O) groups excluding carboxylic acids is 2. The molecule has 4 nitrogen and oxygen atoms in total. The molecule has 0 aromatic heterocycles. The van der Waals surface area contributed by atoms with Crippen LogP contribution in [0.4, 0.5) is 11.4 Å². The molecule has 4 rings (SSSR count). The van der Waals surface area contributed by atoms with Crippen molar-refractivity contribution >= 4 is 35.0 Å². The average Bonchev–Trinajstić information content (AvgIpc) is 2.93. The van der Waals surface area contributed by atoms with Gasteiger partial charge in [0.2, 0.25) is 0 Å². The predicted octanol–water partition coefficient (Wildman–Crippen LogP) is 5.91. The number of rotatable bonds is 5. The van der Waals surface area contributed by atoms with E-state index in [1.54, 1.807) is 0 Å². The van der Waals surface area contributed by atoms with Crippen LogP contribution >= 0.6 is 11.8 Å². The van der Waals surface area contributed by atoms with Gasteiger partial charge in [-0.05, 0) is 80.8 Å². The highest BCUT2D eigenvalue weighted by atomic mass is 32.2. The molecule has 0 saturated carbocycles. The Morgan fingerprint density at radius 1 is 0.710 bits per heavy atom. The maximum atomic E-state index is 13.5. The molecule has 0 saturated heterocycles. The smallest absolute Gasteiger partial charge is 0.283 e. The van der Waals surface area contributed by atoms with Crippen molar-refractivity contribution in [2.45, 2.75) is 32.6 Å². The van der Waals surface area contributed by atoms with Crippen LogP contribution in [0.15, 0.2) is 82.2 Å². The van der Waals surface area contributed by atoms with Gasteiger partial charge in [0.15, 0.2) is 0 Å². The van der Waals surface area contributed by atoms with Gasteiger partial charge in [0.25, 0.3) is 11.8 Å². The molecule has 5 heteroatoms. The Labute approximate surface area is 187 Å². The molecule has 0 atom stereocenters. The number of thioether (sulfide) groups is 1. The Morgan fingerprint density at radius 2 is 1.39 bits per heavy atom. The van der Waals surface area contributed by atoms with E-state index in [-0.39, 0.29) is 11.8 Å². The first-order valence-electron chi connectivity index (χ1n) is 10.1. The maximum Gasteiger partial charge on any atom is 0.283 e. The number of hydrogen-bond acceptors (Lipinski definition) is 4. The molecular weight excluding hydrogens is 404 g/mol. The Bertz CT molecular complexity index is 1190. The van der Waals surface area contributed by atoms with E-state index in [1.807, 2.05) is 94.4 Å². The SMILES string of the molecule is Cc1ccc(SC2=C(Nc3cccc(C)c3)C(=O)N(c3cc(C)cc(C)c3)C2=O)cc1. The van der Waals surface area contributed by atoms with Crippen molar-refractivity contribution in [3.8, 4) is 0 Å². The highest BCUT2D eigenvalue weighted by Gasteiger charge is 2.40. The number of aryl methyl sites for hydroxylation is 4. The number of carbonyl (C=O) groups is 2. The van der Waals surface area contributed by atoms with E-state index in [4.69, 9.17) is 0 Å². The summed E-state index contributed by atoms with van der Waals surface area (Å²) >= 11 is 1.32. The zero-order chi connectivity index (χ0) is 22.1. The molecule has 1 heterocycles. The highest BCUT2D eigenvalue weighted by molar-refractivity contribution is 8.04. The summed E-state index contributed by atoms with van der Waals surface area (Å²) in [7, 11) is 0. The van der Waals surface area contributed by atoms with Gasteiger partial charge in [0, 0.05) is 10.6 Å². The topological polar surface area (TPSA) is 49.4 Å². The van der Waals surface area contributed by atoms with E-state index >= 15 is 0 Å². The van der Waals surface area contributed by atoms with Gasteiger partial charge in [-0.2, -0.15) is 0 Å². The van der Waals surface area contributed by atoms with Crippen LogP contribution in [0, 0.1) is 27.7 Å². The molecule has 1 aliphatic heterocycles. The van der Waals surface area contributed by atoms with E-state index in [0.717, 1.165) is 32.8 Å². The maximum absolute atomic E-state index is 13.5. The molecular formula is C26H24N2O2S. The molecule has 3 aromatic rings. The van der Waals surface area contributed by atoms with Crippen molar-refractivity contribution < 1.29 is 9.59 Å². The second kappa shape index (κ2) is 8.44. The molecule has 1 N–H and O–H groups in total. The molecule has 31 heavy (non-hydrogen) atoms. The fraction of sp³-hybridized carbons (Fsp3) is 0.154. The molecule has 0 unspecified atom stereocenters. The van der Waals surface area contributed by atoms with Crippen LogP contribution in [0.5, 0.6) is 0 Å². The standard InChI is InChI=1S/C26H24N2O2S/c1-16-8-10-22(11-9-16)31-24-23(27-20-7-5-6-17(2)13-20)25(29)28(26(24)30)21-14-18(3)12-19(4)15-21/h5-15,27H,1-4H3. The second-order valence-corrected chi connectivity index (χ2v) is 8.99. The highest BCUT2D eigenvalue weighted by Crippen LogP contribution is 2.38. The number of nitrogens with zero attached hydrogens (tertiary/aromatic N) is 1. The van der Waals surface area contributed by atoms with Crippen molar-refractivity contribution in [2.24, 2.45) is 0 Å². The summed E-state index contributed by atoms with van der Waals surface area (Å²) < 4.78 is 0. The minimum absolute atomic E-state index is 0.306. The van der Waals surface area contributed by atoms with Gasteiger partial charge in [-0.15, -0.1) is 0 Å². The van der Waals surface area contributed by atoms with Crippen molar-refractivity contribution in [3.05, 3.63) is 99.6 Å². The third-order valence-electron chi connectivity index (χ3n) is 5.03. The Hall–Kier alpha value is -3.31. The summed E-state index contributed by atoms with van der Waals surface area (Å²) in [4.78, 5) is 29.5. The van der Waals surface area contributed by atoms with Crippen molar-refractivity contribution in [1.29, 1.82) is 0 Å². The number of imide groups is 1. The van der Waals surface area contributed by atoms with Gasteiger partial charge in [0.1, 0.15) is 10.6 Å². The van der Waals surface area contributed by atoms with E-state index in [2.05, 4.69) is 5.32 Å². The van der Waals surface area contributed by atoms with Gasteiger partial charge in [-0.3, -0.25) is 9.59 Å². The van der Waals surface area contributed by atoms with Crippen LogP contribution < -0.4 is 10.2 Å². The van der Waals surface area contributed by atoms with E-state index in [1.165, 1.54) is 16.7 Å². The van der Waals surface area contributed by atoms with Crippen LogP contribution in [-0.2, 0) is 9.59 Å². The monoisotopic (exact) mass is 428 g/mol. The molecule has 156 valence electrons. The molecule has 0 bridgehead atoms. The molecule has 1 aliphatic rings. The summed E-state index contributed by atoms with van der Waals surface area (Å²) in [5.41, 5.74) is 5.89. The lowest BCUT2D eigenvalue weighted by Crippen LogP contribution is -2.32. The number of amides is 2. The first-order chi connectivity index (χ1) is 14.8. The fourth-order valence-electron chi connectivity index (χ4n) is 3.62. The lowest BCUT2D eigenvalue weighted by molar-refractivity contribution is -0.120. The normalized spacial score (nSPS) is 13.9. The summed E-state index contributed by atoms with van der Waals surface area (Å²) in [6, 6.07) is 21.5. The minimum Gasteiger partial charge on any atom is -0.350 e. The third kappa shape index (κ3) is 4.42. The van der Waals surface area contributed by atoms with Crippen molar-refractivity contribution in [2.75, 3.05) is 10.2 Å². The predicted molar refractivity (Wildman–Crippen MR) is 127 cm³/mol. The Morgan fingerprint density at radius 3 is 2.03 bits per heavy atom. The number of benzene rings is 3. The van der Waals surface area contributed by atoms with Crippen LogP contribution in [0.2, 0.25) is 0 Å². The first kappa shape index (κ1) is 20.9. The van der Waals surface area contributed by atoms with E-state index in [9.17, 15) is 9.59 Å². The molecule has 0 spiro atoms. The van der Waals surface area contributed by atoms with Gasteiger partial charge < -0.3 is 5.32 Å². The lowest BCUT2D eigenvalue weighted by atomic mass is 10.1. The Kier molecular flexibility index (Phi) is 5.70. The van der Waals surface area contributed by atoms with Crippen LogP contribution in [-0.4, -0.2) is 11.8 Å². The zero-order valence-electron chi connectivity index (χ0n) is 18.0. The van der Waals surface area contributed by atoms with Gasteiger partial charge >= 0.3 is 0 Å². The number of anilines is 2. The van der Waals surface area contributed by atoms with Crippen molar-refractivity contribution in [1.82, 2.24) is 0 Å². The second-order valence-electron chi connectivity index (χ2n) is 7.91. The van der Waals surface area contributed by atoms with Gasteiger partial charge in [-0.1, -0.05) is 47.7 Å². The van der Waals surface area contributed by atoms with E-state index < -0.39 is 0 Å². The molecule has 2 amide bonds. The number of hydrogen-bond donors (Lipinski definition) is 1.